The number of hydrogen-bond donors (Lipinski definition) is 3. The first-order valence-electron chi connectivity index (χ1n) is 14.6. The van der Waals surface area contributed by atoms with E-state index in [1.807, 2.05) is 19.3 Å². The zero-order valence-corrected chi connectivity index (χ0v) is 24.7. The van der Waals surface area contributed by atoms with Crippen LogP contribution >= 0.6 is 0 Å². The molecule has 4 N–H and O–H groups in total. The van der Waals surface area contributed by atoms with Gasteiger partial charge in [-0.05, 0) is 68.6 Å². The number of hydrogen-bond acceptors (Lipinski definition) is 7. The molecular formula is C27H48BN5O6. The van der Waals surface area contributed by atoms with Gasteiger partial charge in [-0.1, -0.05) is 47.0 Å². The van der Waals surface area contributed by atoms with Crippen molar-refractivity contribution in [1.82, 2.24) is 10.7 Å². The summed E-state index contributed by atoms with van der Waals surface area (Å²) >= 11 is 0. The second-order valence-electron chi connectivity index (χ2n) is 13.0. The number of nitro groups is 1. The van der Waals surface area contributed by atoms with Gasteiger partial charge in [0.15, 0.2) is 5.03 Å². The van der Waals surface area contributed by atoms with Gasteiger partial charge < -0.3 is 20.4 Å². The number of Topliss-reactive ketones (excluding diaryl/α,β-unsaturated/α-hetero) is 1. The van der Waals surface area contributed by atoms with Gasteiger partial charge in [0.1, 0.15) is 5.78 Å². The van der Waals surface area contributed by atoms with Crippen LogP contribution in [0, 0.1) is 45.1 Å². The summed E-state index contributed by atoms with van der Waals surface area (Å²) < 4.78 is 13.2. The quantitative estimate of drug-likeness (QED) is 0.0744. The molecule has 1 amide bonds. The fourth-order valence-corrected chi connectivity index (χ4v) is 6.78. The number of guanidine groups is 1. The van der Waals surface area contributed by atoms with Gasteiger partial charge in [-0.15, -0.1) is 0 Å². The number of nitrogens with two attached hydrogens (primary N) is 1. The molecule has 0 aromatic heterocycles. The summed E-state index contributed by atoms with van der Waals surface area (Å²) in [4.78, 5) is 40.9. The number of aliphatic imine (C=N–C) groups is 1. The highest BCUT2D eigenvalue weighted by atomic mass is 16.7. The molecule has 3 aliphatic carbocycles. The Bertz CT molecular complexity index is 946. The second-order valence-corrected chi connectivity index (χ2v) is 13.0. The van der Waals surface area contributed by atoms with Gasteiger partial charge in [0.25, 0.3) is 5.96 Å². The fourth-order valence-electron chi connectivity index (χ4n) is 6.78. The van der Waals surface area contributed by atoms with E-state index in [9.17, 15) is 19.7 Å². The lowest BCUT2D eigenvalue weighted by molar-refractivity contribution is -0.525. The number of nitrogens with one attached hydrogen (secondary N) is 2. The van der Waals surface area contributed by atoms with E-state index >= 15 is 0 Å². The maximum absolute atomic E-state index is 13.6. The minimum Gasteiger partial charge on any atom is -0.404 e. The van der Waals surface area contributed by atoms with Crippen LogP contribution in [0.4, 0.5) is 0 Å². The zero-order valence-electron chi connectivity index (χ0n) is 24.7. The van der Waals surface area contributed by atoms with Crippen molar-refractivity contribution in [3.05, 3.63) is 10.1 Å². The highest BCUT2D eigenvalue weighted by Crippen LogP contribution is 2.65. The number of amides is 1. The van der Waals surface area contributed by atoms with E-state index in [1.165, 1.54) is 0 Å². The topological polar surface area (TPSA) is 158 Å². The molecule has 0 aromatic carbocycles. The molecule has 7 atom stereocenters. The molecule has 3 saturated carbocycles. The molecule has 0 radical (unpaired) electrons. The molecule has 39 heavy (non-hydrogen) atoms. The monoisotopic (exact) mass is 549 g/mol. The molecule has 0 aromatic rings. The Kier molecular flexibility index (Phi) is 10.1. The largest absolute Gasteiger partial charge is 0.481 e. The third-order valence-electron chi connectivity index (χ3n) is 9.53. The molecule has 4 aliphatic rings. The van der Waals surface area contributed by atoms with Gasteiger partial charge in [-0.2, -0.15) is 0 Å². The fraction of sp³-hybridized carbons (Fsp3) is 0.889. The van der Waals surface area contributed by atoms with E-state index in [4.69, 9.17) is 15.0 Å². The van der Waals surface area contributed by atoms with Gasteiger partial charge in [0.2, 0.25) is 5.91 Å². The SMILES string of the molecule is CCC(C)C(=O)C[C@@H](CCCN=C(N)N[N+](=O)[O-])C(=O)N[C@@H](CC(C)C)B1O[C@@H]2C[C@@H]3C[C@@H](C3(C)C)[C@]2(C)O1. The maximum Gasteiger partial charge on any atom is 0.481 e. The van der Waals surface area contributed by atoms with Gasteiger partial charge in [0.05, 0.1) is 17.6 Å². The first kappa shape index (κ1) is 31.3. The van der Waals surface area contributed by atoms with Crippen molar-refractivity contribution in [2.75, 3.05) is 6.54 Å². The molecular weight excluding hydrogens is 501 g/mol. The summed E-state index contributed by atoms with van der Waals surface area (Å²) in [7, 11) is -0.537. The standard InChI is InChI=1S/C27H48BN5O6/c1-8-17(4)20(34)13-18(10-9-11-30-25(29)32-33(36)37)24(35)31-23(12-16(2)3)28-38-22-15-19-14-21(26(19,5)6)27(22,7)39-28/h16-19,21-23H,8-15H2,1-7H3,(H,31,35)(H3,29,30,32)/t17?,18-,19+,21+,22-,23+,27+/m1/s1. The smallest absolute Gasteiger partial charge is 0.404 e. The van der Waals surface area contributed by atoms with E-state index in [0.717, 1.165) is 12.8 Å². The third kappa shape index (κ3) is 7.12. The molecule has 1 saturated heterocycles. The van der Waals surface area contributed by atoms with Crippen molar-refractivity contribution in [2.24, 2.45) is 45.7 Å². The maximum atomic E-state index is 13.6. The molecule has 1 heterocycles. The van der Waals surface area contributed by atoms with Crippen molar-refractivity contribution in [3.63, 3.8) is 0 Å². The minimum atomic E-state index is -0.775. The van der Waals surface area contributed by atoms with Crippen molar-refractivity contribution < 1.29 is 23.9 Å². The lowest BCUT2D eigenvalue weighted by Crippen LogP contribution is -2.65. The molecule has 11 nitrogen and oxygen atoms in total. The summed E-state index contributed by atoms with van der Waals surface area (Å²) in [5.41, 5.74) is 7.16. The Morgan fingerprint density at radius 2 is 1.92 bits per heavy atom. The predicted molar refractivity (Wildman–Crippen MR) is 150 cm³/mol. The molecule has 220 valence electrons. The number of rotatable bonds is 14. The lowest BCUT2D eigenvalue weighted by Gasteiger charge is -2.64. The Hall–Kier alpha value is -2.21. The Labute approximate surface area is 233 Å². The molecule has 0 spiro atoms. The first-order chi connectivity index (χ1) is 18.2. The Morgan fingerprint density at radius 3 is 2.51 bits per heavy atom. The molecule has 1 unspecified atom stereocenters. The number of ketones is 1. The van der Waals surface area contributed by atoms with E-state index < -0.39 is 18.1 Å². The summed E-state index contributed by atoms with van der Waals surface area (Å²) in [6, 6.07) is 0. The minimum absolute atomic E-state index is 0.0183. The van der Waals surface area contributed by atoms with Crippen LogP contribution in [0.3, 0.4) is 0 Å². The normalized spacial score (nSPS) is 29.7. The highest BCUT2D eigenvalue weighted by Gasteiger charge is 2.68. The Morgan fingerprint density at radius 1 is 1.23 bits per heavy atom. The van der Waals surface area contributed by atoms with E-state index in [-0.39, 0.29) is 59.6 Å². The van der Waals surface area contributed by atoms with Crippen LogP contribution in [-0.4, -0.2) is 54.0 Å². The summed E-state index contributed by atoms with van der Waals surface area (Å²) in [5, 5.41) is 12.9. The highest BCUT2D eigenvalue weighted by molar-refractivity contribution is 6.47. The van der Waals surface area contributed by atoms with Gasteiger partial charge in [0, 0.05) is 24.8 Å². The number of nitrogens with zero attached hydrogens (tertiary/aromatic N) is 2. The summed E-state index contributed by atoms with van der Waals surface area (Å²) in [6.45, 7) is 15.1. The van der Waals surface area contributed by atoms with Crippen LogP contribution in [0.15, 0.2) is 4.99 Å². The third-order valence-corrected chi connectivity index (χ3v) is 9.53. The van der Waals surface area contributed by atoms with Crippen molar-refractivity contribution >= 4 is 24.8 Å². The van der Waals surface area contributed by atoms with Crippen molar-refractivity contribution in [3.8, 4) is 0 Å². The van der Waals surface area contributed by atoms with Crippen LogP contribution in [-0.2, 0) is 18.9 Å². The number of carbonyl (C=O) groups excluding carboxylic acids is 2. The lowest BCUT2D eigenvalue weighted by atomic mass is 9.43. The van der Waals surface area contributed by atoms with Gasteiger partial charge >= 0.3 is 7.12 Å². The average molecular weight is 550 g/mol. The zero-order chi connectivity index (χ0) is 29.1. The van der Waals surface area contributed by atoms with Gasteiger partial charge in [-0.25, -0.2) is 15.1 Å². The molecule has 2 bridgehead atoms. The number of carbonyl (C=O) groups is 2. The van der Waals surface area contributed by atoms with Crippen molar-refractivity contribution in [1.29, 1.82) is 0 Å². The first-order valence-corrected chi connectivity index (χ1v) is 14.6. The van der Waals surface area contributed by atoms with Crippen LogP contribution in [0.1, 0.15) is 93.4 Å². The molecule has 12 heteroatoms. The number of hydrazine groups is 1. The Balaban J connectivity index is 1.70. The van der Waals surface area contributed by atoms with E-state index in [2.05, 4.69) is 44.9 Å². The molecule has 1 aliphatic heterocycles. The predicted octanol–water partition coefficient (Wildman–Crippen LogP) is 3.28. The van der Waals surface area contributed by atoms with Crippen LogP contribution in [0.2, 0.25) is 0 Å². The average Bonchev–Trinajstić information content (AvgIpc) is 3.21. The van der Waals surface area contributed by atoms with Crippen LogP contribution in [0.25, 0.3) is 0 Å². The second kappa shape index (κ2) is 12.5. The molecule has 4 rings (SSSR count). The van der Waals surface area contributed by atoms with Gasteiger partial charge in [-0.3, -0.25) is 9.59 Å². The van der Waals surface area contributed by atoms with Crippen LogP contribution < -0.4 is 16.5 Å². The van der Waals surface area contributed by atoms with E-state index in [0.29, 0.717) is 43.4 Å². The van der Waals surface area contributed by atoms with Crippen LogP contribution in [0.5, 0.6) is 0 Å². The molecule has 4 fully saturated rings. The summed E-state index contributed by atoms with van der Waals surface area (Å²) in [5.74, 6) is -0.105. The summed E-state index contributed by atoms with van der Waals surface area (Å²) in [6.07, 6.45) is 4.53. The van der Waals surface area contributed by atoms with Crippen molar-refractivity contribution in [2.45, 2.75) is 111 Å². The van der Waals surface area contributed by atoms with E-state index in [1.54, 1.807) is 0 Å².